The summed E-state index contributed by atoms with van der Waals surface area (Å²) in [6.45, 7) is 0.653. The molecule has 1 heterocycles. The summed E-state index contributed by atoms with van der Waals surface area (Å²) in [5.41, 5.74) is 0. The highest BCUT2D eigenvalue weighted by atomic mass is 35.5. The van der Waals surface area contributed by atoms with Crippen LogP contribution in [0.4, 0.5) is 0 Å². The smallest absolute Gasteiger partial charge is 0.227 e. The number of hydrogen-bond donors (Lipinski definition) is 0. The van der Waals surface area contributed by atoms with Crippen molar-refractivity contribution >= 4 is 17.5 Å². The van der Waals surface area contributed by atoms with Crippen molar-refractivity contribution in [1.82, 2.24) is 4.90 Å². The normalized spacial score (nSPS) is 29.5. The minimum atomic E-state index is -0.0764. The van der Waals surface area contributed by atoms with Crippen molar-refractivity contribution in [2.75, 3.05) is 13.6 Å². The fraction of sp³-hybridized carbons (Fsp3) is 0.600. The van der Waals surface area contributed by atoms with Crippen molar-refractivity contribution in [1.29, 1.82) is 0 Å². The Morgan fingerprint density at radius 2 is 2.62 bits per heavy atom. The number of nitrogens with zero attached hydrogens (tertiary/aromatic N) is 1. The summed E-state index contributed by atoms with van der Waals surface area (Å²) in [5.74, 6) is 0.0324. The second-order valence-corrected chi connectivity index (χ2v) is 2.46. The first kappa shape index (κ1) is 5.89. The number of rotatable bonds is 0. The first-order chi connectivity index (χ1) is 3.70. The van der Waals surface area contributed by atoms with Gasteiger partial charge in [0, 0.05) is 13.6 Å². The molecule has 3 heteroatoms. The molecule has 0 bridgehead atoms. The highest BCUT2D eigenvalue weighted by Gasteiger charge is 2.24. The zero-order valence-corrected chi connectivity index (χ0v) is 5.35. The second-order valence-electron chi connectivity index (χ2n) is 1.90. The van der Waals surface area contributed by atoms with Crippen molar-refractivity contribution in [2.24, 2.45) is 0 Å². The molecule has 0 aliphatic carbocycles. The first-order valence-electron chi connectivity index (χ1n) is 2.44. The van der Waals surface area contributed by atoms with Crippen LogP contribution in [0.3, 0.4) is 0 Å². The Kier molecular flexibility index (Phi) is 1.43. The molecule has 0 aromatic rings. The third-order valence-corrected chi connectivity index (χ3v) is 1.41. The molecule has 2 nitrogen and oxygen atoms in total. The van der Waals surface area contributed by atoms with Crippen LogP contribution in [-0.2, 0) is 4.79 Å². The van der Waals surface area contributed by atoms with Gasteiger partial charge in [-0.3, -0.25) is 4.79 Å². The maximum absolute atomic E-state index is 10.6. The van der Waals surface area contributed by atoms with Gasteiger partial charge in [-0.15, -0.1) is 11.6 Å². The molecule has 0 aromatic heterocycles. The van der Waals surface area contributed by atoms with Gasteiger partial charge in [-0.05, 0) is 0 Å². The summed E-state index contributed by atoms with van der Waals surface area (Å²) in [4.78, 5) is 12.2. The molecule has 45 valence electrons. The summed E-state index contributed by atoms with van der Waals surface area (Å²) in [6, 6.07) is 0. The van der Waals surface area contributed by atoms with Crippen molar-refractivity contribution in [3.05, 3.63) is 6.42 Å². The molecule has 1 amide bonds. The van der Waals surface area contributed by atoms with Crippen LogP contribution < -0.4 is 0 Å². The van der Waals surface area contributed by atoms with Crippen LogP contribution >= 0.6 is 11.6 Å². The van der Waals surface area contributed by atoms with Crippen LogP contribution in [0.25, 0.3) is 0 Å². The van der Waals surface area contributed by atoms with E-state index >= 15 is 0 Å². The summed E-state index contributed by atoms with van der Waals surface area (Å²) in [6.07, 6.45) is 1.52. The van der Waals surface area contributed by atoms with Gasteiger partial charge >= 0.3 is 0 Å². The molecular weight excluding hydrogens is 126 g/mol. The molecule has 0 aromatic carbocycles. The van der Waals surface area contributed by atoms with E-state index < -0.39 is 0 Å². The van der Waals surface area contributed by atoms with E-state index in [4.69, 9.17) is 11.6 Å². The number of halogens is 1. The molecule has 0 saturated carbocycles. The van der Waals surface area contributed by atoms with E-state index in [0.717, 1.165) is 0 Å². The van der Waals surface area contributed by atoms with Gasteiger partial charge in [0.25, 0.3) is 0 Å². The Labute approximate surface area is 53.4 Å². The molecule has 0 spiro atoms. The van der Waals surface area contributed by atoms with Gasteiger partial charge in [0.15, 0.2) is 0 Å². The largest absolute Gasteiger partial charge is 0.344 e. The maximum atomic E-state index is 10.6. The zero-order chi connectivity index (χ0) is 6.15. The number of alkyl halides is 1. The number of likely N-dealkylation sites (tertiary alicyclic amines) is 1. The number of carbonyl (C=O) groups excluding carboxylic acids is 1. The second kappa shape index (κ2) is 1.94. The highest BCUT2D eigenvalue weighted by Crippen LogP contribution is 2.12. The quantitative estimate of drug-likeness (QED) is 0.434. The monoisotopic (exact) mass is 132 g/mol. The fourth-order valence-corrected chi connectivity index (χ4v) is 1.00. The fourth-order valence-electron chi connectivity index (χ4n) is 0.686. The van der Waals surface area contributed by atoms with Gasteiger partial charge < -0.3 is 4.90 Å². The molecule has 1 radical (unpaired) electrons. The van der Waals surface area contributed by atoms with E-state index in [1.807, 2.05) is 0 Å². The predicted octanol–water partition coefficient (Wildman–Crippen LogP) is 0.270. The highest BCUT2D eigenvalue weighted by molar-refractivity contribution is 6.24. The molecule has 8 heavy (non-hydrogen) atoms. The standard InChI is InChI=1S/C5H7ClNO/c1-7-3-4(6)2-5(7)8/h2,4H,3H2,1H3. The predicted molar refractivity (Wildman–Crippen MR) is 31.6 cm³/mol. The van der Waals surface area contributed by atoms with Gasteiger partial charge in [-0.1, -0.05) is 0 Å². The average Bonchev–Trinajstić information content (AvgIpc) is 1.85. The van der Waals surface area contributed by atoms with E-state index in [1.54, 1.807) is 11.9 Å². The van der Waals surface area contributed by atoms with Crippen molar-refractivity contribution < 1.29 is 4.79 Å². The third-order valence-electron chi connectivity index (χ3n) is 1.15. The van der Waals surface area contributed by atoms with Crippen LogP contribution in [0.5, 0.6) is 0 Å². The molecule has 1 atom stereocenters. The molecule has 1 aliphatic rings. The van der Waals surface area contributed by atoms with E-state index in [1.165, 1.54) is 6.42 Å². The lowest BCUT2D eigenvalue weighted by molar-refractivity contribution is -0.123. The topological polar surface area (TPSA) is 20.3 Å². The van der Waals surface area contributed by atoms with Gasteiger partial charge in [0.2, 0.25) is 5.91 Å². The Balaban J connectivity index is 2.51. The van der Waals surface area contributed by atoms with E-state index in [-0.39, 0.29) is 11.3 Å². The lowest BCUT2D eigenvalue weighted by Gasteiger charge is -2.04. The molecule has 1 rings (SSSR count). The molecular formula is C5H7ClNO. The van der Waals surface area contributed by atoms with Crippen LogP contribution in [0.2, 0.25) is 0 Å². The Hall–Kier alpha value is -0.240. The van der Waals surface area contributed by atoms with Crippen LogP contribution in [-0.4, -0.2) is 29.8 Å². The van der Waals surface area contributed by atoms with Crippen LogP contribution in [0, 0.1) is 6.42 Å². The summed E-state index contributed by atoms with van der Waals surface area (Å²) < 4.78 is 0. The Bertz CT molecular complexity index is 115. The van der Waals surface area contributed by atoms with E-state index in [9.17, 15) is 4.79 Å². The van der Waals surface area contributed by atoms with E-state index in [2.05, 4.69) is 0 Å². The zero-order valence-electron chi connectivity index (χ0n) is 4.60. The minimum absolute atomic E-state index is 0.0324. The van der Waals surface area contributed by atoms with Gasteiger partial charge in [0.1, 0.15) is 0 Å². The van der Waals surface area contributed by atoms with Crippen molar-refractivity contribution in [3.63, 3.8) is 0 Å². The minimum Gasteiger partial charge on any atom is -0.344 e. The number of hydrogen-bond acceptors (Lipinski definition) is 1. The number of carbonyl (C=O) groups is 1. The van der Waals surface area contributed by atoms with Gasteiger partial charge in [0.05, 0.1) is 11.8 Å². The number of amides is 1. The molecule has 1 unspecified atom stereocenters. The maximum Gasteiger partial charge on any atom is 0.227 e. The van der Waals surface area contributed by atoms with Crippen molar-refractivity contribution in [3.8, 4) is 0 Å². The molecule has 1 saturated heterocycles. The molecule has 0 N–H and O–H groups in total. The van der Waals surface area contributed by atoms with Crippen LogP contribution in [0.15, 0.2) is 0 Å². The van der Waals surface area contributed by atoms with Gasteiger partial charge in [-0.25, -0.2) is 0 Å². The van der Waals surface area contributed by atoms with E-state index in [0.29, 0.717) is 6.54 Å². The Morgan fingerprint density at radius 1 is 2.00 bits per heavy atom. The van der Waals surface area contributed by atoms with Crippen molar-refractivity contribution in [2.45, 2.75) is 5.38 Å². The average molecular weight is 133 g/mol. The lowest BCUT2D eigenvalue weighted by atomic mass is 10.4. The summed E-state index contributed by atoms with van der Waals surface area (Å²) in [7, 11) is 1.74. The third kappa shape index (κ3) is 0.944. The lowest BCUT2D eigenvalue weighted by Crippen LogP contribution is -2.18. The Morgan fingerprint density at radius 3 is 2.75 bits per heavy atom. The summed E-state index contributed by atoms with van der Waals surface area (Å²) in [5, 5.41) is -0.0764. The summed E-state index contributed by atoms with van der Waals surface area (Å²) >= 11 is 5.58. The molecule has 1 aliphatic heterocycles. The SMILES string of the molecule is CN1CC(Cl)[CH]C1=O. The van der Waals surface area contributed by atoms with Crippen LogP contribution in [0.1, 0.15) is 0 Å². The van der Waals surface area contributed by atoms with Gasteiger partial charge in [-0.2, -0.15) is 0 Å². The molecule has 1 fully saturated rings. The first-order valence-corrected chi connectivity index (χ1v) is 2.88.